The summed E-state index contributed by atoms with van der Waals surface area (Å²) in [7, 11) is 0. The Morgan fingerprint density at radius 3 is 1.73 bits per heavy atom. The number of hydrogen-bond donors (Lipinski definition) is 0. The number of rotatable bonds is 6. The molecule has 0 aliphatic carbocycles. The molecule has 0 atom stereocenters. The second kappa shape index (κ2) is 8.89. The van der Waals surface area contributed by atoms with Crippen LogP contribution in [0.1, 0.15) is 12.8 Å². The third-order valence-corrected chi connectivity index (χ3v) is 2.22. The number of amides is 2. The van der Waals surface area contributed by atoms with E-state index in [1.54, 1.807) is 0 Å². The lowest BCUT2D eigenvalue weighted by atomic mass is 10.5. The van der Waals surface area contributed by atoms with Crippen LogP contribution < -0.4 is 0 Å². The summed E-state index contributed by atoms with van der Waals surface area (Å²) in [6.45, 7) is 0. The van der Waals surface area contributed by atoms with E-state index in [9.17, 15) is 9.59 Å². The first-order chi connectivity index (χ1) is 7.20. The normalized spacial score (nSPS) is 8.53. The minimum Gasteiger partial charge on any atom is -0.293 e. The van der Waals surface area contributed by atoms with Crippen LogP contribution in [0, 0.1) is 0 Å². The van der Waals surface area contributed by atoms with Crippen LogP contribution in [0.4, 0.5) is 0 Å². The molecule has 2 amide bonds. The SMILES string of the molecule is [N-]=[N+]=NC(=O)CCSCCC(=O)N=[N+]=[N-]. The van der Waals surface area contributed by atoms with Crippen molar-refractivity contribution < 1.29 is 9.59 Å². The molecule has 0 aromatic rings. The standard InChI is InChI=1S/C6H8N6O2S/c7-11-9-5(13)1-3-15-4-2-6(14)10-12-8/h1-4H2. The Bertz CT molecular complexity index is 299. The molecule has 0 aromatic carbocycles. The highest BCUT2D eigenvalue weighted by Gasteiger charge is 2.00. The maximum atomic E-state index is 10.7. The Labute approximate surface area is 89.3 Å². The van der Waals surface area contributed by atoms with Crippen LogP contribution in [0.15, 0.2) is 10.2 Å². The van der Waals surface area contributed by atoms with Gasteiger partial charge in [0, 0.05) is 34.2 Å². The van der Waals surface area contributed by atoms with Crippen LogP contribution in [0.3, 0.4) is 0 Å². The molecule has 9 heteroatoms. The van der Waals surface area contributed by atoms with Gasteiger partial charge in [0.2, 0.25) is 11.8 Å². The summed E-state index contributed by atoms with van der Waals surface area (Å²) in [5, 5.41) is 5.76. The van der Waals surface area contributed by atoms with Gasteiger partial charge in [-0.1, -0.05) is 0 Å². The fourth-order valence-corrected chi connectivity index (χ4v) is 1.46. The molecule has 8 nitrogen and oxygen atoms in total. The van der Waals surface area contributed by atoms with Crippen LogP contribution >= 0.6 is 11.8 Å². The van der Waals surface area contributed by atoms with Gasteiger partial charge >= 0.3 is 0 Å². The minimum atomic E-state index is -0.522. The van der Waals surface area contributed by atoms with Crippen LogP contribution in [0.2, 0.25) is 0 Å². The van der Waals surface area contributed by atoms with Gasteiger partial charge in [0.05, 0.1) is 0 Å². The van der Waals surface area contributed by atoms with Crippen LogP contribution in [-0.2, 0) is 9.59 Å². The molecule has 0 rings (SSSR count). The van der Waals surface area contributed by atoms with Gasteiger partial charge in [0.25, 0.3) is 0 Å². The molecule has 0 saturated heterocycles. The Kier molecular flexibility index (Phi) is 7.89. The second-order valence-corrected chi connectivity index (χ2v) is 3.50. The molecule has 0 unspecified atom stereocenters. The van der Waals surface area contributed by atoms with Crippen molar-refractivity contribution in [2.75, 3.05) is 11.5 Å². The van der Waals surface area contributed by atoms with Crippen molar-refractivity contribution in [3.05, 3.63) is 20.9 Å². The van der Waals surface area contributed by atoms with Crippen molar-refractivity contribution in [2.45, 2.75) is 12.8 Å². The van der Waals surface area contributed by atoms with Gasteiger partial charge in [-0.2, -0.15) is 11.8 Å². The summed E-state index contributed by atoms with van der Waals surface area (Å²) in [4.78, 5) is 26.0. The lowest BCUT2D eigenvalue weighted by molar-refractivity contribution is -0.118. The second-order valence-electron chi connectivity index (χ2n) is 2.28. The third kappa shape index (κ3) is 8.63. The zero-order chi connectivity index (χ0) is 11.5. The average molecular weight is 228 g/mol. The highest BCUT2D eigenvalue weighted by molar-refractivity contribution is 7.99. The predicted molar refractivity (Wildman–Crippen MR) is 54.9 cm³/mol. The minimum absolute atomic E-state index is 0.143. The fourth-order valence-electron chi connectivity index (χ4n) is 0.621. The van der Waals surface area contributed by atoms with Gasteiger partial charge in [-0.15, -0.1) is 0 Å². The molecular weight excluding hydrogens is 220 g/mol. The molecule has 0 aliphatic rings. The van der Waals surface area contributed by atoms with E-state index in [0.29, 0.717) is 11.5 Å². The summed E-state index contributed by atoms with van der Waals surface area (Å²) >= 11 is 1.35. The number of hydrogen-bond acceptors (Lipinski definition) is 3. The van der Waals surface area contributed by atoms with Gasteiger partial charge in [-0.3, -0.25) is 9.59 Å². The van der Waals surface area contributed by atoms with E-state index in [-0.39, 0.29) is 12.8 Å². The first-order valence-electron chi connectivity index (χ1n) is 3.94. The van der Waals surface area contributed by atoms with E-state index in [0.717, 1.165) is 0 Å². The number of carbonyl (C=O) groups excluding carboxylic acids is 2. The molecule has 0 bridgehead atoms. The molecule has 0 saturated carbocycles. The van der Waals surface area contributed by atoms with Crippen LogP contribution in [0.5, 0.6) is 0 Å². The molecule has 0 spiro atoms. The van der Waals surface area contributed by atoms with E-state index in [2.05, 4.69) is 20.1 Å². The van der Waals surface area contributed by atoms with Crippen molar-refractivity contribution in [3.63, 3.8) is 0 Å². The number of azide groups is 2. The molecule has 80 valence electrons. The summed E-state index contributed by atoms with van der Waals surface area (Å²) in [5.74, 6) is -0.0965. The zero-order valence-corrected chi connectivity index (χ0v) is 8.55. The van der Waals surface area contributed by atoms with E-state index in [1.807, 2.05) is 0 Å². The maximum absolute atomic E-state index is 10.7. The van der Waals surface area contributed by atoms with Crippen molar-refractivity contribution in [1.82, 2.24) is 0 Å². The quantitative estimate of drug-likeness (QED) is 0.298. The summed E-state index contributed by atoms with van der Waals surface area (Å²) < 4.78 is 0. The lowest BCUT2D eigenvalue weighted by Gasteiger charge is -1.95. The van der Waals surface area contributed by atoms with Gasteiger partial charge < -0.3 is 0 Å². The molecular formula is C6H8N6O2S. The highest BCUT2D eigenvalue weighted by Crippen LogP contribution is 2.06. The van der Waals surface area contributed by atoms with Crippen LogP contribution in [0.25, 0.3) is 20.9 Å². The molecule has 0 aliphatic heterocycles. The van der Waals surface area contributed by atoms with Crippen molar-refractivity contribution in [2.24, 2.45) is 10.2 Å². The molecule has 0 radical (unpaired) electrons. The molecule has 15 heavy (non-hydrogen) atoms. The number of carbonyl (C=O) groups is 2. The van der Waals surface area contributed by atoms with Crippen molar-refractivity contribution in [1.29, 1.82) is 0 Å². The summed E-state index contributed by atoms with van der Waals surface area (Å²) in [6, 6.07) is 0. The Morgan fingerprint density at radius 1 is 1.00 bits per heavy atom. The predicted octanol–water partition coefficient (Wildman–Crippen LogP) is 2.17. The maximum Gasteiger partial charge on any atom is 0.219 e. The smallest absolute Gasteiger partial charge is 0.219 e. The number of thioether (sulfide) groups is 1. The van der Waals surface area contributed by atoms with Gasteiger partial charge in [-0.05, 0) is 21.3 Å². The Balaban J connectivity index is 3.47. The third-order valence-electron chi connectivity index (χ3n) is 1.23. The summed E-state index contributed by atoms with van der Waals surface area (Å²) in [6.07, 6.45) is 0.287. The lowest BCUT2D eigenvalue weighted by Crippen LogP contribution is -1.97. The number of nitrogens with zero attached hydrogens (tertiary/aromatic N) is 6. The van der Waals surface area contributed by atoms with E-state index in [4.69, 9.17) is 11.1 Å². The highest BCUT2D eigenvalue weighted by atomic mass is 32.2. The molecule has 0 heterocycles. The van der Waals surface area contributed by atoms with Gasteiger partial charge in [0.1, 0.15) is 0 Å². The van der Waals surface area contributed by atoms with Crippen molar-refractivity contribution in [3.8, 4) is 0 Å². The summed E-state index contributed by atoms with van der Waals surface area (Å²) in [5.41, 5.74) is 15.8. The molecule has 0 N–H and O–H groups in total. The zero-order valence-electron chi connectivity index (χ0n) is 7.74. The average Bonchev–Trinajstić information content (AvgIpc) is 2.18. The molecule has 0 fully saturated rings. The largest absolute Gasteiger partial charge is 0.293 e. The van der Waals surface area contributed by atoms with Gasteiger partial charge in [-0.25, -0.2) is 0 Å². The monoisotopic (exact) mass is 228 g/mol. The van der Waals surface area contributed by atoms with Crippen molar-refractivity contribution >= 4 is 23.6 Å². The fraction of sp³-hybridized carbons (Fsp3) is 0.667. The van der Waals surface area contributed by atoms with E-state index >= 15 is 0 Å². The van der Waals surface area contributed by atoms with Gasteiger partial charge in [0.15, 0.2) is 0 Å². The molecule has 0 aromatic heterocycles. The van der Waals surface area contributed by atoms with E-state index in [1.165, 1.54) is 11.8 Å². The first-order valence-corrected chi connectivity index (χ1v) is 5.09. The van der Waals surface area contributed by atoms with E-state index < -0.39 is 11.8 Å². The topological polar surface area (TPSA) is 132 Å². The van der Waals surface area contributed by atoms with Crippen LogP contribution in [-0.4, -0.2) is 23.3 Å². The Hall–Kier alpha value is -1.69. The Morgan fingerprint density at radius 2 is 1.40 bits per heavy atom. The first kappa shape index (κ1) is 13.3.